The van der Waals surface area contributed by atoms with E-state index in [2.05, 4.69) is 0 Å². The zero-order valence-electron chi connectivity index (χ0n) is 13.2. The van der Waals surface area contributed by atoms with Gasteiger partial charge in [-0.15, -0.1) is 11.8 Å². The molecule has 0 unspecified atom stereocenters. The molecule has 1 aromatic heterocycles. The van der Waals surface area contributed by atoms with Crippen molar-refractivity contribution in [1.29, 1.82) is 0 Å². The number of hydrogen-bond acceptors (Lipinski definition) is 5. The number of phenolic OH excluding ortho intramolecular Hbond substituents is 1. The van der Waals surface area contributed by atoms with Crippen LogP contribution in [-0.4, -0.2) is 38.7 Å². The minimum atomic E-state index is -0.584. The molecule has 0 aliphatic carbocycles. The number of thioether (sulfide) groups is 1. The fourth-order valence-electron chi connectivity index (χ4n) is 2.97. The van der Waals surface area contributed by atoms with E-state index >= 15 is 0 Å². The van der Waals surface area contributed by atoms with Crippen LogP contribution in [0.25, 0.3) is 4.91 Å². The number of non-ortho nitro benzene ring substituents is 1. The summed E-state index contributed by atoms with van der Waals surface area (Å²) in [6.07, 6.45) is 9.69. The second-order valence-corrected chi connectivity index (χ2v) is 6.30. The maximum Gasteiger partial charge on any atom is 0.875 e. The highest BCUT2D eigenvalue weighted by Gasteiger charge is 2.49. The summed E-state index contributed by atoms with van der Waals surface area (Å²) >= 11 is 1.64. The van der Waals surface area contributed by atoms with Gasteiger partial charge < -0.3 is 9.76 Å². The molecule has 0 fully saturated rings. The summed E-state index contributed by atoms with van der Waals surface area (Å²) in [7, 11) is -0.584. The summed E-state index contributed by atoms with van der Waals surface area (Å²) in [6.45, 7) is 0. The number of benzene rings is 1. The highest BCUT2D eigenvalue weighted by molar-refractivity contribution is 8.07. The number of rotatable bonds is 4. The minimum absolute atomic E-state index is 0.0612. The predicted octanol–water partition coefficient (Wildman–Crippen LogP) is 2.71. The van der Waals surface area contributed by atoms with Crippen LogP contribution in [0.5, 0.6) is 11.5 Å². The lowest BCUT2D eigenvalue weighted by atomic mass is 9.94. The molecular formula is C16H13BN3O4S+. The topological polar surface area (TPSA) is 80.5 Å². The van der Waals surface area contributed by atoms with Crippen LogP contribution in [0.2, 0.25) is 0 Å². The minimum Gasteiger partial charge on any atom is -0.504 e. The van der Waals surface area contributed by atoms with E-state index in [1.54, 1.807) is 11.8 Å². The summed E-state index contributed by atoms with van der Waals surface area (Å²) in [6, 6.07) is 7.65. The summed E-state index contributed by atoms with van der Waals surface area (Å²) in [5, 5.41) is 21.1. The molecule has 4 rings (SSSR count). The van der Waals surface area contributed by atoms with Crippen LogP contribution in [0.3, 0.4) is 0 Å². The Balaban J connectivity index is 1.79. The number of aromatic hydroxyl groups is 1. The molecule has 1 N–H and O–H groups in total. The molecule has 3 heterocycles. The van der Waals surface area contributed by atoms with Gasteiger partial charge in [0.2, 0.25) is 5.70 Å². The van der Waals surface area contributed by atoms with Gasteiger partial charge in [0.25, 0.3) is 5.69 Å². The van der Waals surface area contributed by atoms with Crippen LogP contribution < -0.4 is 4.65 Å². The van der Waals surface area contributed by atoms with E-state index in [0.717, 1.165) is 16.3 Å². The summed E-state index contributed by atoms with van der Waals surface area (Å²) in [4.78, 5) is 11.6. The van der Waals surface area contributed by atoms with Crippen LogP contribution in [0.15, 0.2) is 54.4 Å². The summed E-state index contributed by atoms with van der Waals surface area (Å²) in [5.74, 6) is -0.0845. The van der Waals surface area contributed by atoms with Crippen molar-refractivity contribution in [3.8, 4) is 11.5 Å². The van der Waals surface area contributed by atoms with E-state index < -0.39 is 12.1 Å². The number of nitro groups is 1. The average molecular weight is 354 g/mol. The van der Waals surface area contributed by atoms with Crippen LogP contribution in [0.4, 0.5) is 5.69 Å². The average Bonchev–Trinajstić information content (AvgIpc) is 3.25. The zero-order chi connectivity index (χ0) is 17.6. The van der Waals surface area contributed by atoms with Crippen LogP contribution >= 0.6 is 11.8 Å². The number of nitrogens with zero attached hydrogens (tertiary/aromatic N) is 3. The number of nitro benzene ring substituents is 1. The molecule has 2 aromatic rings. The van der Waals surface area contributed by atoms with E-state index in [1.165, 1.54) is 18.2 Å². The molecule has 2 aliphatic rings. The fraction of sp³-hybridized carbons (Fsp3) is 0.0625. The van der Waals surface area contributed by atoms with Gasteiger partial charge >= 0.3 is 7.19 Å². The normalized spacial score (nSPS) is 15.1. The Bertz CT molecular complexity index is 980. The number of fused-ring (bicyclic) bond motifs is 2. The quantitative estimate of drug-likeness (QED) is 0.519. The van der Waals surface area contributed by atoms with Gasteiger partial charge in [-0.25, -0.2) is 4.49 Å². The predicted molar refractivity (Wildman–Crippen MR) is 96.9 cm³/mol. The number of aromatic nitrogens is 1. The Hall–Kier alpha value is -2.94. The van der Waals surface area contributed by atoms with Gasteiger partial charge in [-0.05, 0) is 24.5 Å². The van der Waals surface area contributed by atoms with Gasteiger partial charge in [-0.3, -0.25) is 14.6 Å². The number of allylic oxidation sites excluding steroid dienone is 2. The molecule has 9 heteroatoms. The van der Waals surface area contributed by atoms with Gasteiger partial charge in [-0.2, -0.15) is 0 Å². The maximum absolute atomic E-state index is 11.0. The molecule has 0 saturated heterocycles. The molecule has 0 atom stereocenters. The first-order valence-electron chi connectivity index (χ1n) is 7.49. The first kappa shape index (κ1) is 15.6. The smallest absolute Gasteiger partial charge is 0.504 e. The Morgan fingerprint density at radius 1 is 1.40 bits per heavy atom. The lowest BCUT2D eigenvalue weighted by Gasteiger charge is -2.20. The SMILES string of the molecule is CSC1=C2C=CC=[N+]2B(Oc2cc([N+](=O)[O-])ccc2O)n2cccc21. The molecule has 7 nitrogen and oxygen atoms in total. The second-order valence-electron chi connectivity index (χ2n) is 5.49. The van der Waals surface area contributed by atoms with Crippen molar-refractivity contribution in [2.24, 2.45) is 0 Å². The first-order valence-corrected chi connectivity index (χ1v) is 8.72. The summed E-state index contributed by atoms with van der Waals surface area (Å²) in [5.41, 5.74) is 1.85. The Morgan fingerprint density at radius 3 is 3.00 bits per heavy atom. The Labute approximate surface area is 147 Å². The van der Waals surface area contributed by atoms with Gasteiger partial charge in [0, 0.05) is 24.4 Å². The fourth-order valence-corrected chi connectivity index (χ4v) is 3.74. The molecule has 25 heavy (non-hydrogen) atoms. The zero-order valence-corrected chi connectivity index (χ0v) is 14.0. The molecule has 0 bridgehead atoms. The van der Waals surface area contributed by atoms with E-state index in [-0.39, 0.29) is 17.2 Å². The number of hydrogen-bond donors (Lipinski definition) is 1. The molecule has 0 saturated carbocycles. The van der Waals surface area contributed by atoms with Crippen molar-refractivity contribution in [2.75, 3.05) is 6.26 Å². The third-order valence-electron chi connectivity index (χ3n) is 4.09. The van der Waals surface area contributed by atoms with Gasteiger partial charge in [0.15, 0.2) is 11.5 Å². The molecular weight excluding hydrogens is 341 g/mol. The van der Waals surface area contributed by atoms with Crippen molar-refractivity contribution in [3.63, 3.8) is 0 Å². The van der Waals surface area contributed by atoms with Crippen LogP contribution in [0.1, 0.15) is 5.69 Å². The van der Waals surface area contributed by atoms with Gasteiger partial charge in [0.1, 0.15) is 6.21 Å². The highest BCUT2D eigenvalue weighted by Crippen LogP contribution is 2.37. The largest absolute Gasteiger partial charge is 0.875 e. The second kappa shape index (κ2) is 5.85. The van der Waals surface area contributed by atoms with E-state index in [4.69, 9.17) is 4.65 Å². The van der Waals surface area contributed by atoms with Gasteiger partial charge in [-0.1, -0.05) is 0 Å². The third-order valence-corrected chi connectivity index (χ3v) is 4.92. The molecule has 0 spiro atoms. The van der Waals surface area contributed by atoms with Crippen molar-refractivity contribution < 1.29 is 19.2 Å². The lowest BCUT2D eigenvalue weighted by molar-refractivity contribution is -0.385. The number of phenols is 1. The third kappa shape index (κ3) is 2.44. The highest BCUT2D eigenvalue weighted by atomic mass is 32.2. The molecule has 2 aliphatic heterocycles. The Kier molecular flexibility index (Phi) is 3.65. The lowest BCUT2D eigenvalue weighted by Crippen LogP contribution is -2.46. The van der Waals surface area contributed by atoms with E-state index in [0.29, 0.717) is 0 Å². The van der Waals surface area contributed by atoms with Crippen LogP contribution in [-0.2, 0) is 0 Å². The standard InChI is InChI=1S/C16H12BN3O4S/c1-25-16-12-4-2-8-18(12)17(19-9-3-5-13(16)19)24-15-10-11(20(22)23)6-7-14(15)21/h2-10H,1H3/p+1. The van der Waals surface area contributed by atoms with Crippen molar-refractivity contribution in [2.45, 2.75) is 0 Å². The van der Waals surface area contributed by atoms with E-state index in [9.17, 15) is 15.2 Å². The van der Waals surface area contributed by atoms with Gasteiger partial charge in [0.05, 0.1) is 21.6 Å². The monoisotopic (exact) mass is 354 g/mol. The molecule has 0 amide bonds. The first-order chi connectivity index (χ1) is 12.1. The molecule has 0 radical (unpaired) electrons. The van der Waals surface area contributed by atoms with Crippen molar-refractivity contribution in [3.05, 3.63) is 70.2 Å². The summed E-state index contributed by atoms with van der Waals surface area (Å²) < 4.78 is 9.84. The van der Waals surface area contributed by atoms with E-state index in [1.807, 2.05) is 51.9 Å². The Morgan fingerprint density at radius 2 is 2.24 bits per heavy atom. The maximum atomic E-state index is 11.0. The molecule has 1 aromatic carbocycles. The van der Waals surface area contributed by atoms with Crippen molar-refractivity contribution >= 4 is 35.8 Å². The molecule has 124 valence electrons. The van der Waals surface area contributed by atoms with Crippen molar-refractivity contribution in [1.82, 2.24) is 4.48 Å². The van der Waals surface area contributed by atoms with Crippen LogP contribution in [0, 0.1) is 10.1 Å².